The number of aromatic nitrogens is 1. The molecule has 1 aliphatic heterocycles. The van der Waals surface area contributed by atoms with Crippen molar-refractivity contribution in [3.8, 4) is 5.75 Å². The van der Waals surface area contributed by atoms with Crippen LogP contribution in [0.2, 0.25) is 0 Å². The number of aliphatic carboxylic acids is 1. The van der Waals surface area contributed by atoms with Gasteiger partial charge in [-0.25, -0.2) is 0 Å². The Morgan fingerprint density at radius 2 is 2.03 bits per heavy atom. The highest BCUT2D eigenvalue weighted by Crippen LogP contribution is 2.39. The molecule has 4 rings (SSSR count). The Bertz CT molecular complexity index is 1070. The van der Waals surface area contributed by atoms with Crippen molar-refractivity contribution in [3.05, 3.63) is 64.8 Å². The van der Waals surface area contributed by atoms with Gasteiger partial charge in [-0.3, -0.25) is 10.1 Å². The Labute approximate surface area is 164 Å². The van der Waals surface area contributed by atoms with E-state index in [9.17, 15) is 23.1 Å². The van der Waals surface area contributed by atoms with Crippen molar-refractivity contribution >= 4 is 16.9 Å². The summed E-state index contributed by atoms with van der Waals surface area (Å²) in [7, 11) is 1.54. The molecule has 2 aromatic carbocycles. The van der Waals surface area contributed by atoms with Gasteiger partial charge >= 0.3 is 12.1 Å². The predicted molar refractivity (Wildman–Crippen MR) is 101 cm³/mol. The Morgan fingerprint density at radius 3 is 2.72 bits per heavy atom. The number of methoxy groups -OCH3 is 1. The third-order valence-corrected chi connectivity index (χ3v) is 5.33. The zero-order valence-electron chi connectivity index (χ0n) is 15.5. The minimum Gasteiger partial charge on any atom is -0.497 e. The number of carboxylic acids is 1. The number of H-pyrrole nitrogens is 1. The van der Waals surface area contributed by atoms with Crippen LogP contribution >= 0.6 is 0 Å². The second-order valence-electron chi connectivity index (χ2n) is 7.14. The van der Waals surface area contributed by atoms with Crippen molar-refractivity contribution in [2.24, 2.45) is 0 Å². The van der Waals surface area contributed by atoms with Gasteiger partial charge in [-0.15, -0.1) is 0 Å². The second-order valence-corrected chi connectivity index (χ2v) is 7.14. The number of carboxylic acid groups (broad SMARTS) is 1. The highest BCUT2D eigenvalue weighted by atomic mass is 19.4. The maximum atomic E-state index is 13.1. The number of alkyl halides is 3. The molecule has 0 aliphatic carbocycles. The quantitative estimate of drug-likeness (QED) is 0.608. The van der Waals surface area contributed by atoms with Crippen LogP contribution in [0.4, 0.5) is 13.2 Å². The van der Waals surface area contributed by atoms with E-state index in [1.165, 1.54) is 6.07 Å². The van der Waals surface area contributed by atoms with Crippen molar-refractivity contribution in [3.63, 3.8) is 0 Å². The van der Waals surface area contributed by atoms with Crippen LogP contribution in [0, 0.1) is 0 Å². The lowest BCUT2D eigenvalue weighted by Gasteiger charge is -2.28. The third kappa shape index (κ3) is 3.55. The summed E-state index contributed by atoms with van der Waals surface area (Å²) in [4.78, 5) is 14.9. The first-order chi connectivity index (χ1) is 13.8. The molecule has 0 saturated heterocycles. The van der Waals surface area contributed by atoms with E-state index in [1.54, 1.807) is 19.2 Å². The van der Waals surface area contributed by atoms with Crippen LogP contribution in [0.3, 0.4) is 0 Å². The van der Waals surface area contributed by atoms with Gasteiger partial charge in [-0.1, -0.05) is 18.2 Å². The summed E-state index contributed by atoms with van der Waals surface area (Å²) < 4.78 is 44.5. The maximum absolute atomic E-state index is 13.1. The number of nitrogens with one attached hydrogen (secondary N) is 2. The summed E-state index contributed by atoms with van der Waals surface area (Å²) in [5.74, 6) is -0.574. The van der Waals surface area contributed by atoms with Crippen molar-refractivity contribution in [2.75, 3.05) is 13.7 Å². The van der Waals surface area contributed by atoms with E-state index in [0.717, 1.165) is 28.6 Å². The van der Waals surface area contributed by atoms with E-state index < -0.39 is 23.8 Å². The van der Waals surface area contributed by atoms with Crippen LogP contribution < -0.4 is 10.1 Å². The zero-order chi connectivity index (χ0) is 20.8. The first-order valence-electron chi connectivity index (χ1n) is 9.09. The molecular formula is C21H19F3N2O3. The van der Waals surface area contributed by atoms with Gasteiger partial charge in [0.1, 0.15) is 11.8 Å². The van der Waals surface area contributed by atoms with Crippen LogP contribution in [-0.4, -0.2) is 29.7 Å². The fourth-order valence-corrected chi connectivity index (χ4v) is 4.02. The molecule has 3 aromatic rings. The van der Waals surface area contributed by atoms with Gasteiger partial charge in [-0.05, 0) is 41.8 Å². The number of hydrogen-bond acceptors (Lipinski definition) is 3. The van der Waals surface area contributed by atoms with Crippen LogP contribution in [0.1, 0.15) is 34.3 Å². The Morgan fingerprint density at radius 1 is 1.24 bits per heavy atom. The molecule has 0 saturated carbocycles. The van der Waals surface area contributed by atoms with Gasteiger partial charge in [-0.2, -0.15) is 13.2 Å². The minimum absolute atomic E-state index is 0.190. The van der Waals surface area contributed by atoms with Crippen molar-refractivity contribution in [1.82, 2.24) is 10.3 Å². The predicted octanol–water partition coefficient (Wildman–Crippen LogP) is 4.25. The number of carbonyl (C=O) groups is 1. The molecule has 2 atom stereocenters. The Kier molecular flexibility index (Phi) is 4.74. The summed E-state index contributed by atoms with van der Waals surface area (Å²) in [6.45, 7) is 0.338. The SMILES string of the molecule is COc1ccc2[nH]c3c(c2c1)C(Cc1cccc(C(F)(F)F)c1)CNC3C(=O)O. The zero-order valence-corrected chi connectivity index (χ0v) is 15.5. The standard InChI is InChI=1S/C21H19F3N2O3/c1-29-14-5-6-16-15(9-14)17-12(10-25-19(20(27)28)18(17)26-16)7-11-3-2-4-13(8-11)21(22,23)24/h2-6,8-9,12,19,25-26H,7,10H2,1H3,(H,27,28). The van der Waals surface area contributed by atoms with Gasteiger partial charge in [0, 0.05) is 29.1 Å². The lowest BCUT2D eigenvalue weighted by Crippen LogP contribution is -2.38. The highest BCUT2D eigenvalue weighted by Gasteiger charge is 2.35. The smallest absolute Gasteiger partial charge is 0.416 e. The molecular weight excluding hydrogens is 385 g/mol. The number of rotatable bonds is 4. The highest BCUT2D eigenvalue weighted by molar-refractivity contribution is 5.89. The van der Waals surface area contributed by atoms with E-state index in [2.05, 4.69) is 10.3 Å². The Hall–Kier alpha value is -3.00. The number of benzene rings is 2. The molecule has 0 spiro atoms. The van der Waals surface area contributed by atoms with E-state index in [0.29, 0.717) is 30.0 Å². The molecule has 8 heteroatoms. The fraction of sp³-hybridized carbons (Fsp3) is 0.286. The molecule has 29 heavy (non-hydrogen) atoms. The van der Waals surface area contributed by atoms with Gasteiger partial charge in [0.05, 0.1) is 12.7 Å². The number of fused-ring (bicyclic) bond motifs is 3. The molecule has 1 aromatic heterocycles. The average molecular weight is 404 g/mol. The summed E-state index contributed by atoms with van der Waals surface area (Å²) in [5, 5.41) is 13.4. The molecule has 0 fully saturated rings. The largest absolute Gasteiger partial charge is 0.497 e. The summed E-state index contributed by atoms with van der Waals surface area (Å²) in [6.07, 6.45) is -4.06. The average Bonchev–Trinajstić information content (AvgIpc) is 3.06. The minimum atomic E-state index is -4.41. The van der Waals surface area contributed by atoms with Crippen molar-refractivity contribution < 1.29 is 27.8 Å². The lowest BCUT2D eigenvalue weighted by molar-refractivity contribution is -0.140. The number of halogens is 3. The van der Waals surface area contributed by atoms with E-state index >= 15 is 0 Å². The monoisotopic (exact) mass is 404 g/mol. The van der Waals surface area contributed by atoms with E-state index in [-0.39, 0.29) is 5.92 Å². The second kappa shape index (κ2) is 7.11. The van der Waals surface area contributed by atoms with Crippen molar-refractivity contribution in [2.45, 2.75) is 24.6 Å². The molecule has 0 bridgehead atoms. The summed E-state index contributed by atoms with van der Waals surface area (Å²) in [6, 6.07) is 9.77. The van der Waals surface area contributed by atoms with Crippen LogP contribution in [0.25, 0.3) is 10.9 Å². The molecule has 1 aliphatic rings. The first-order valence-corrected chi connectivity index (χ1v) is 9.09. The third-order valence-electron chi connectivity index (χ3n) is 5.33. The molecule has 152 valence electrons. The van der Waals surface area contributed by atoms with Gasteiger partial charge in [0.25, 0.3) is 0 Å². The summed E-state index contributed by atoms with van der Waals surface area (Å²) in [5.41, 5.74) is 1.96. The topological polar surface area (TPSA) is 74.3 Å². The summed E-state index contributed by atoms with van der Waals surface area (Å²) >= 11 is 0. The number of aromatic amines is 1. The molecule has 5 nitrogen and oxygen atoms in total. The van der Waals surface area contributed by atoms with Crippen LogP contribution in [0.5, 0.6) is 5.75 Å². The van der Waals surface area contributed by atoms with Crippen molar-refractivity contribution in [1.29, 1.82) is 0 Å². The van der Waals surface area contributed by atoms with E-state index in [4.69, 9.17) is 4.74 Å². The molecule has 2 heterocycles. The molecule has 0 amide bonds. The Balaban J connectivity index is 1.79. The normalized spacial score (nSPS) is 19.2. The van der Waals surface area contributed by atoms with Gasteiger partial charge in [0.15, 0.2) is 0 Å². The van der Waals surface area contributed by atoms with Gasteiger partial charge in [0.2, 0.25) is 0 Å². The molecule has 0 radical (unpaired) electrons. The first kappa shape index (κ1) is 19.3. The molecule has 3 N–H and O–H groups in total. The fourth-order valence-electron chi connectivity index (χ4n) is 4.02. The lowest BCUT2D eigenvalue weighted by atomic mass is 9.85. The molecule has 2 unspecified atom stereocenters. The van der Waals surface area contributed by atoms with Gasteiger partial charge < -0.3 is 14.8 Å². The van der Waals surface area contributed by atoms with Crippen LogP contribution in [-0.2, 0) is 17.4 Å². The van der Waals surface area contributed by atoms with Crippen LogP contribution in [0.15, 0.2) is 42.5 Å². The number of hydrogen-bond donors (Lipinski definition) is 3. The number of ether oxygens (including phenoxy) is 1. The maximum Gasteiger partial charge on any atom is 0.416 e. The van der Waals surface area contributed by atoms with E-state index in [1.807, 2.05) is 12.1 Å².